The topological polar surface area (TPSA) is 58.6 Å². The van der Waals surface area contributed by atoms with E-state index >= 15 is 0 Å². The van der Waals surface area contributed by atoms with Crippen LogP contribution in [0.2, 0.25) is 0 Å². The average molecular weight is 310 g/mol. The van der Waals surface area contributed by atoms with Crippen LogP contribution in [0.4, 0.5) is 0 Å². The fourth-order valence-corrected chi connectivity index (χ4v) is 3.64. The first-order valence-corrected chi connectivity index (χ1v) is 8.82. The summed E-state index contributed by atoms with van der Waals surface area (Å²) in [4.78, 5) is 26.1. The number of rotatable bonds is 4. The van der Waals surface area contributed by atoms with E-state index in [0.717, 1.165) is 38.6 Å². The third-order valence-corrected chi connectivity index (χ3v) is 4.90. The van der Waals surface area contributed by atoms with E-state index in [1.807, 2.05) is 4.90 Å². The smallest absolute Gasteiger partial charge is 0.323 e. The normalized spacial score (nSPS) is 25.0. The summed E-state index contributed by atoms with van der Waals surface area (Å²) >= 11 is 0. The number of methoxy groups -OCH3 is 1. The molecule has 0 bridgehead atoms. The summed E-state index contributed by atoms with van der Waals surface area (Å²) in [6.45, 7) is 1.12. The van der Waals surface area contributed by atoms with Gasteiger partial charge in [0.15, 0.2) is 0 Å². The van der Waals surface area contributed by atoms with Gasteiger partial charge >= 0.3 is 5.97 Å². The van der Waals surface area contributed by atoms with E-state index in [1.165, 1.54) is 39.2 Å². The molecule has 2 aliphatic rings. The van der Waals surface area contributed by atoms with Crippen LogP contribution in [0.1, 0.15) is 64.2 Å². The molecule has 0 aromatic heterocycles. The highest BCUT2D eigenvalue weighted by atomic mass is 16.5. The number of piperidine rings is 1. The highest BCUT2D eigenvalue weighted by molar-refractivity contribution is 5.80. The van der Waals surface area contributed by atoms with E-state index in [0.29, 0.717) is 12.6 Å². The molecule has 1 atom stereocenters. The molecule has 1 N–H and O–H groups in total. The van der Waals surface area contributed by atoms with Gasteiger partial charge in [-0.1, -0.05) is 38.5 Å². The maximum atomic E-state index is 12.3. The van der Waals surface area contributed by atoms with E-state index in [2.05, 4.69) is 5.32 Å². The van der Waals surface area contributed by atoms with Gasteiger partial charge in [0.1, 0.15) is 6.04 Å². The zero-order valence-corrected chi connectivity index (χ0v) is 13.8. The lowest BCUT2D eigenvalue weighted by molar-refractivity contribution is -0.148. The Bertz CT molecular complexity index is 365. The summed E-state index contributed by atoms with van der Waals surface area (Å²) in [5.74, 6) is -0.153. The predicted molar refractivity (Wildman–Crippen MR) is 85.5 cm³/mol. The molecule has 22 heavy (non-hydrogen) atoms. The van der Waals surface area contributed by atoms with Crippen molar-refractivity contribution in [3.05, 3.63) is 0 Å². The summed E-state index contributed by atoms with van der Waals surface area (Å²) in [5.41, 5.74) is 0. The first-order valence-electron chi connectivity index (χ1n) is 8.82. The largest absolute Gasteiger partial charge is 0.468 e. The van der Waals surface area contributed by atoms with Crippen LogP contribution in [0.15, 0.2) is 0 Å². The zero-order valence-electron chi connectivity index (χ0n) is 13.8. The van der Waals surface area contributed by atoms with Gasteiger partial charge < -0.3 is 10.1 Å². The monoisotopic (exact) mass is 310 g/mol. The molecule has 1 aliphatic carbocycles. The molecule has 1 saturated carbocycles. The molecular weight excluding hydrogens is 280 g/mol. The van der Waals surface area contributed by atoms with Crippen molar-refractivity contribution in [3.8, 4) is 0 Å². The Kier molecular flexibility index (Phi) is 7.16. The number of nitrogens with zero attached hydrogens (tertiary/aromatic N) is 1. The van der Waals surface area contributed by atoms with Crippen molar-refractivity contribution >= 4 is 11.9 Å². The fourth-order valence-electron chi connectivity index (χ4n) is 3.64. The quantitative estimate of drug-likeness (QED) is 0.809. The molecule has 0 aromatic carbocycles. The van der Waals surface area contributed by atoms with Gasteiger partial charge in [-0.2, -0.15) is 0 Å². The first-order chi connectivity index (χ1) is 10.7. The van der Waals surface area contributed by atoms with Crippen LogP contribution in [-0.4, -0.2) is 49.1 Å². The zero-order chi connectivity index (χ0) is 15.8. The number of ether oxygens (including phenoxy) is 1. The standard InChI is InChI=1S/C17H30N2O3/c1-22-17(21)15-11-7-8-12-19(15)13-16(20)18-14-9-5-3-2-4-6-10-14/h14-15H,2-13H2,1H3,(H,18,20). The summed E-state index contributed by atoms with van der Waals surface area (Å²) in [5, 5.41) is 3.18. The molecule has 126 valence electrons. The maximum absolute atomic E-state index is 12.3. The SMILES string of the molecule is COC(=O)C1CCCCN1CC(=O)NC1CCCCCCC1. The third-order valence-electron chi connectivity index (χ3n) is 4.90. The number of hydrogen-bond donors (Lipinski definition) is 1. The van der Waals surface area contributed by atoms with E-state index in [9.17, 15) is 9.59 Å². The van der Waals surface area contributed by atoms with E-state index in [-0.39, 0.29) is 17.9 Å². The van der Waals surface area contributed by atoms with Crippen LogP contribution in [-0.2, 0) is 14.3 Å². The Morgan fingerprint density at radius 3 is 2.32 bits per heavy atom. The third kappa shape index (κ3) is 5.27. The Morgan fingerprint density at radius 2 is 1.64 bits per heavy atom. The van der Waals surface area contributed by atoms with Crippen molar-refractivity contribution in [2.45, 2.75) is 76.3 Å². The summed E-state index contributed by atoms with van der Waals surface area (Å²) < 4.78 is 4.87. The van der Waals surface area contributed by atoms with Gasteiger partial charge in [-0.25, -0.2) is 0 Å². The minimum absolute atomic E-state index is 0.0568. The highest BCUT2D eigenvalue weighted by Crippen LogP contribution is 2.19. The number of carbonyl (C=O) groups excluding carboxylic acids is 2. The van der Waals surface area contributed by atoms with E-state index in [1.54, 1.807) is 0 Å². The molecular formula is C17H30N2O3. The first kappa shape index (κ1) is 17.3. The second-order valence-electron chi connectivity index (χ2n) is 6.61. The van der Waals surface area contributed by atoms with Crippen LogP contribution in [0.3, 0.4) is 0 Å². The summed E-state index contributed by atoms with van der Waals surface area (Å²) in [6, 6.07) is 0.0657. The van der Waals surface area contributed by atoms with E-state index < -0.39 is 0 Å². The molecule has 0 radical (unpaired) electrons. The molecule has 0 aromatic rings. The number of hydrogen-bond acceptors (Lipinski definition) is 4. The van der Waals surface area contributed by atoms with Crippen molar-refractivity contribution in [3.63, 3.8) is 0 Å². The predicted octanol–water partition coefficient (Wildman–Crippen LogP) is 2.24. The van der Waals surface area contributed by atoms with Crippen molar-refractivity contribution in [1.29, 1.82) is 0 Å². The van der Waals surface area contributed by atoms with Gasteiger partial charge in [-0.05, 0) is 32.2 Å². The fraction of sp³-hybridized carbons (Fsp3) is 0.882. The van der Waals surface area contributed by atoms with E-state index in [4.69, 9.17) is 4.74 Å². The minimum atomic E-state index is -0.248. The molecule has 1 heterocycles. The molecule has 2 rings (SSSR count). The Morgan fingerprint density at radius 1 is 1.00 bits per heavy atom. The molecule has 2 fully saturated rings. The molecule has 5 heteroatoms. The highest BCUT2D eigenvalue weighted by Gasteiger charge is 2.30. The Labute approximate surface area is 133 Å². The number of esters is 1. The van der Waals surface area contributed by atoms with Crippen LogP contribution >= 0.6 is 0 Å². The molecule has 1 saturated heterocycles. The van der Waals surface area contributed by atoms with Crippen LogP contribution in [0.25, 0.3) is 0 Å². The maximum Gasteiger partial charge on any atom is 0.323 e. The van der Waals surface area contributed by atoms with Gasteiger partial charge in [0.2, 0.25) is 5.91 Å². The second-order valence-corrected chi connectivity index (χ2v) is 6.61. The lowest BCUT2D eigenvalue weighted by Crippen LogP contribution is -2.50. The molecule has 1 unspecified atom stereocenters. The van der Waals surface area contributed by atoms with Crippen molar-refractivity contribution in [2.75, 3.05) is 20.2 Å². The Balaban J connectivity index is 1.82. The van der Waals surface area contributed by atoms with Crippen molar-refractivity contribution in [2.24, 2.45) is 0 Å². The van der Waals surface area contributed by atoms with Gasteiger partial charge in [0, 0.05) is 6.04 Å². The number of likely N-dealkylation sites (tertiary alicyclic amines) is 1. The number of amides is 1. The summed E-state index contributed by atoms with van der Waals surface area (Å²) in [7, 11) is 1.42. The summed E-state index contributed by atoms with van der Waals surface area (Å²) in [6.07, 6.45) is 11.4. The van der Waals surface area contributed by atoms with Gasteiger partial charge in [0.05, 0.1) is 13.7 Å². The molecule has 1 aliphatic heterocycles. The van der Waals surface area contributed by atoms with Crippen molar-refractivity contribution in [1.82, 2.24) is 10.2 Å². The van der Waals surface area contributed by atoms with Crippen LogP contribution < -0.4 is 5.32 Å². The lowest BCUT2D eigenvalue weighted by atomic mass is 9.96. The molecule has 0 spiro atoms. The van der Waals surface area contributed by atoms with Crippen LogP contribution in [0, 0.1) is 0 Å². The molecule has 1 amide bonds. The van der Waals surface area contributed by atoms with Gasteiger partial charge in [-0.3, -0.25) is 14.5 Å². The number of nitrogens with one attached hydrogen (secondary N) is 1. The lowest BCUT2D eigenvalue weighted by Gasteiger charge is -2.33. The second kappa shape index (κ2) is 9.13. The minimum Gasteiger partial charge on any atom is -0.468 e. The average Bonchev–Trinajstić information content (AvgIpc) is 2.49. The van der Waals surface area contributed by atoms with Crippen LogP contribution in [0.5, 0.6) is 0 Å². The van der Waals surface area contributed by atoms with Gasteiger partial charge in [-0.15, -0.1) is 0 Å². The van der Waals surface area contributed by atoms with Crippen molar-refractivity contribution < 1.29 is 14.3 Å². The van der Waals surface area contributed by atoms with Gasteiger partial charge in [0.25, 0.3) is 0 Å². The Hall–Kier alpha value is -1.10. The molecule has 5 nitrogen and oxygen atoms in total. The number of carbonyl (C=O) groups is 2.